The monoisotopic (exact) mass is 303 g/mol. The third kappa shape index (κ3) is 2.32. The highest BCUT2D eigenvalue weighted by molar-refractivity contribution is 6.31. The van der Waals surface area contributed by atoms with Gasteiger partial charge in [0, 0.05) is 35.1 Å². The van der Waals surface area contributed by atoms with Crippen molar-refractivity contribution >= 4 is 28.4 Å². The molecule has 2 aromatic rings. The van der Waals surface area contributed by atoms with E-state index in [0.29, 0.717) is 22.7 Å². The Kier molecular flexibility index (Phi) is 3.16. The summed E-state index contributed by atoms with van der Waals surface area (Å²) in [4.78, 5) is 17.9. The summed E-state index contributed by atoms with van der Waals surface area (Å²) in [5.41, 5.74) is 1.61. The molecule has 110 valence electrons. The van der Waals surface area contributed by atoms with Gasteiger partial charge in [-0.2, -0.15) is 0 Å². The van der Waals surface area contributed by atoms with Crippen LogP contribution in [-0.2, 0) is 0 Å². The van der Waals surface area contributed by atoms with Crippen LogP contribution < -0.4 is 5.32 Å². The molecule has 5 heteroatoms. The number of nitrogens with one attached hydrogen (secondary N) is 2. The molecule has 1 amide bonds. The minimum absolute atomic E-state index is 0.0959. The summed E-state index contributed by atoms with van der Waals surface area (Å²) in [6, 6.07) is 8.01. The first-order chi connectivity index (χ1) is 10.2. The van der Waals surface area contributed by atoms with Crippen molar-refractivity contribution in [3.63, 3.8) is 0 Å². The van der Waals surface area contributed by atoms with Gasteiger partial charge in [0.1, 0.15) is 5.69 Å². The lowest BCUT2D eigenvalue weighted by Gasteiger charge is -2.24. The molecule has 2 N–H and O–H groups in total. The van der Waals surface area contributed by atoms with E-state index < -0.39 is 0 Å². The fourth-order valence-corrected chi connectivity index (χ4v) is 3.78. The van der Waals surface area contributed by atoms with Crippen molar-refractivity contribution < 1.29 is 4.79 Å². The van der Waals surface area contributed by atoms with Gasteiger partial charge in [0.15, 0.2) is 0 Å². The Hall–Kier alpha value is -1.52. The molecule has 2 fully saturated rings. The average Bonchev–Trinajstić information content (AvgIpc) is 3.09. The zero-order valence-electron chi connectivity index (χ0n) is 11.7. The van der Waals surface area contributed by atoms with E-state index in [0.717, 1.165) is 30.5 Å². The number of hydrogen-bond acceptors (Lipinski definition) is 2. The van der Waals surface area contributed by atoms with Gasteiger partial charge in [-0.1, -0.05) is 11.6 Å². The van der Waals surface area contributed by atoms with Gasteiger partial charge >= 0.3 is 0 Å². The fraction of sp³-hybridized carbons (Fsp3) is 0.438. The summed E-state index contributed by atoms with van der Waals surface area (Å²) in [5.74, 6) is 0.708. The maximum Gasteiger partial charge on any atom is 0.270 e. The summed E-state index contributed by atoms with van der Waals surface area (Å²) >= 11 is 6.00. The third-order valence-corrected chi connectivity index (χ3v) is 4.93. The minimum Gasteiger partial charge on any atom is -0.351 e. The Balaban J connectivity index is 1.58. The number of carbonyl (C=O) groups is 1. The normalized spacial score (nSPS) is 25.3. The van der Waals surface area contributed by atoms with Gasteiger partial charge in [-0.15, -0.1) is 0 Å². The van der Waals surface area contributed by atoms with Gasteiger partial charge in [0.2, 0.25) is 0 Å². The molecule has 1 aromatic carbocycles. The molecule has 4 rings (SSSR count). The molecule has 0 aliphatic carbocycles. The molecular weight excluding hydrogens is 286 g/mol. The number of piperidine rings is 1. The molecule has 2 aliphatic heterocycles. The molecule has 2 aliphatic rings. The lowest BCUT2D eigenvalue weighted by molar-refractivity contribution is 0.0781. The molecule has 0 bridgehead atoms. The van der Waals surface area contributed by atoms with Crippen molar-refractivity contribution in [3.8, 4) is 0 Å². The topological polar surface area (TPSA) is 48.1 Å². The summed E-state index contributed by atoms with van der Waals surface area (Å²) < 4.78 is 0. The molecule has 1 aromatic heterocycles. The van der Waals surface area contributed by atoms with Crippen LogP contribution in [0.2, 0.25) is 5.02 Å². The molecule has 21 heavy (non-hydrogen) atoms. The first-order valence-electron chi connectivity index (χ1n) is 7.51. The Bertz CT molecular complexity index is 682. The van der Waals surface area contributed by atoms with Crippen LogP contribution in [0.5, 0.6) is 0 Å². The molecular formula is C16H18ClN3O. The van der Waals surface area contributed by atoms with Crippen LogP contribution in [0.4, 0.5) is 0 Å². The predicted octanol–water partition coefficient (Wildman–Crippen LogP) is 2.65. The number of aromatic nitrogens is 1. The van der Waals surface area contributed by atoms with E-state index in [1.807, 2.05) is 29.2 Å². The highest BCUT2D eigenvalue weighted by atomic mass is 35.5. The van der Waals surface area contributed by atoms with E-state index in [2.05, 4.69) is 10.3 Å². The number of likely N-dealkylation sites (tertiary alicyclic amines) is 1. The zero-order chi connectivity index (χ0) is 14.4. The van der Waals surface area contributed by atoms with Crippen molar-refractivity contribution in [3.05, 3.63) is 35.0 Å². The van der Waals surface area contributed by atoms with E-state index in [1.54, 1.807) is 0 Å². The molecule has 4 nitrogen and oxygen atoms in total. The predicted molar refractivity (Wildman–Crippen MR) is 83.7 cm³/mol. The van der Waals surface area contributed by atoms with E-state index in [-0.39, 0.29) is 5.91 Å². The molecule has 0 spiro atoms. The maximum atomic E-state index is 12.7. The first-order valence-corrected chi connectivity index (χ1v) is 7.89. The molecule has 2 atom stereocenters. The largest absolute Gasteiger partial charge is 0.351 e. The quantitative estimate of drug-likeness (QED) is 0.851. The van der Waals surface area contributed by atoms with Crippen LogP contribution in [0.3, 0.4) is 0 Å². The number of hydrogen-bond donors (Lipinski definition) is 2. The summed E-state index contributed by atoms with van der Waals surface area (Å²) in [7, 11) is 0. The number of fused-ring (bicyclic) bond motifs is 2. The van der Waals surface area contributed by atoms with E-state index in [9.17, 15) is 4.79 Å². The average molecular weight is 304 g/mol. The number of aromatic amines is 1. The van der Waals surface area contributed by atoms with Gasteiger partial charge in [0.05, 0.1) is 0 Å². The number of H-pyrrole nitrogens is 1. The Labute approximate surface area is 128 Å². The SMILES string of the molecule is O=C(c1cc2cc(Cl)ccc2[nH]1)N1C[C@@H]2CCCN[C@@H]2C1. The van der Waals surface area contributed by atoms with E-state index >= 15 is 0 Å². The van der Waals surface area contributed by atoms with Crippen LogP contribution in [-0.4, -0.2) is 41.5 Å². The van der Waals surface area contributed by atoms with E-state index in [4.69, 9.17) is 11.6 Å². The fourth-order valence-electron chi connectivity index (χ4n) is 3.60. The van der Waals surface area contributed by atoms with Crippen molar-refractivity contribution in [2.24, 2.45) is 5.92 Å². The summed E-state index contributed by atoms with van der Waals surface area (Å²) in [6.07, 6.45) is 2.44. The number of rotatable bonds is 1. The van der Waals surface area contributed by atoms with E-state index in [1.165, 1.54) is 12.8 Å². The molecule has 0 unspecified atom stereocenters. The molecule has 0 radical (unpaired) electrons. The Morgan fingerprint density at radius 3 is 3.05 bits per heavy atom. The number of benzene rings is 1. The highest BCUT2D eigenvalue weighted by Crippen LogP contribution is 2.27. The third-order valence-electron chi connectivity index (χ3n) is 4.70. The van der Waals surface area contributed by atoms with Gasteiger partial charge in [-0.3, -0.25) is 4.79 Å². The lowest BCUT2D eigenvalue weighted by Crippen LogP contribution is -2.41. The van der Waals surface area contributed by atoms with Gasteiger partial charge in [-0.25, -0.2) is 0 Å². The second-order valence-corrected chi connectivity index (χ2v) is 6.52. The van der Waals surface area contributed by atoms with Gasteiger partial charge in [-0.05, 0) is 49.6 Å². The maximum absolute atomic E-state index is 12.7. The molecule has 2 saturated heterocycles. The highest BCUT2D eigenvalue weighted by Gasteiger charge is 2.36. The zero-order valence-corrected chi connectivity index (χ0v) is 12.5. The number of amides is 1. The Morgan fingerprint density at radius 2 is 2.19 bits per heavy atom. The minimum atomic E-state index is 0.0959. The smallest absolute Gasteiger partial charge is 0.270 e. The van der Waals surface area contributed by atoms with Crippen molar-refractivity contribution in [2.75, 3.05) is 19.6 Å². The number of carbonyl (C=O) groups excluding carboxylic acids is 1. The Morgan fingerprint density at radius 1 is 1.29 bits per heavy atom. The van der Waals surface area contributed by atoms with Crippen LogP contribution in [0.15, 0.2) is 24.3 Å². The first kappa shape index (κ1) is 13.2. The van der Waals surface area contributed by atoms with Crippen LogP contribution >= 0.6 is 11.6 Å². The standard InChI is InChI=1S/C16H18ClN3O/c17-12-3-4-13-11(6-12)7-14(19-13)16(21)20-8-10-2-1-5-18-15(10)9-20/h3-4,6-7,10,15,18-19H,1-2,5,8-9H2/t10-,15+/m0/s1. The van der Waals surface area contributed by atoms with Gasteiger partial charge in [0.25, 0.3) is 5.91 Å². The van der Waals surface area contributed by atoms with Crippen molar-refractivity contribution in [1.82, 2.24) is 15.2 Å². The number of halogens is 1. The number of nitrogens with zero attached hydrogens (tertiary/aromatic N) is 1. The summed E-state index contributed by atoms with van der Waals surface area (Å²) in [6.45, 7) is 2.76. The van der Waals surface area contributed by atoms with Crippen LogP contribution in [0.25, 0.3) is 10.9 Å². The summed E-state index contributed by atoms with van der Waals surface area (Å²) in [5, 5.41) is 5.21. The molecule has 0 saturated carbocycles. The van der Waals surface area contributed by atoms with Gasteiger partial charge < -0.3 is 15.2 Å². The second kappa shape index (κ2) is 5.04. The lowest BCUT2D eigenvalue weighted by atomic mass is 9.94. The van der Waals surface area contributed by atoms with Crippen molar-refractivity contribution in [1.29, 1.82) is 0 Å². The van der Waals surface area contributed by atoms with Crippen molar-refractivity contribution in [2.45, 2.75) is 18.9 Å². The van der Waals surface area contributed by atoms with Crippen LogP contribution in [0, 0.1) is 5.92 Å². The van der Waals surface area contributed by atoms with Crippen LogP contribution in [0.1, 0.15) is 23.3 Å². The molecule has 3 heterocycles. The second-order valence-electron chi connectivity index (χ2n) is 6.09.